The zero-order valence-electron chi connectivity index (χ0n) is 15.7. The van der Waals surface area contributed by atoms with Gasteiger partial charge in [0.25, 0.3) is 5.91 Å². The van der Waals surface area contributed by atoms with Gasteiger partial charge in [0.05, 0.1) is 18.4 Å². The summed E-state index contributed by atoms with van der Waals surface area (Å²) >= 11 is 0. The molecular weight excluding hydrogens is 348 g/mol. The van der Waals surface area contributed by atoms with E-state index in [2.05, 4.69) is 10.6 Å². The molecule has 0 radical (unpaired) electrons. The van der Waals surface area contributed by atoms with Gasteiger partial charge in [0.15, 0.2) is 5.76 Å². The molecule has 0 saturated heterocycles. The lowest BCUT2D eigenvalue weighted by atomic mass is 10.0. The SMILES string of the molecule is CCCOC(=O)c1ccc(NC(=O)C(NC(=O)c2ccco2)C(C)C)cc1. The van der Waals surface area contributed by atoms with Crippen LogP contribution in [0.2, 0.25) is 0 Å². The number of ether oxygens (including phenoxy) is 1. The first-order valence-electron chi connectivity index (χ1n) is 8.84. The van der Waals surface area contributed by atoms with E-state index in [1.165, 1.54) is 12.3 Å². The van der Waals surface area contributed by atoms with E-state index in [-0.39, 0.29) is 17.6 Å². The number of esters is 1. The van der Waals surface area contributed by atoms with Crippen LogP contribution in [-0.2, 0) is 9.53 Å². The van der Waals surface area contributed by atoms with Crippen LogP contribution < -0.4 is 10.6 Å². The van der Waals surface area contributed by atoms with Gasteiger partial charge in [0, 0.05) is 5.69 Å². The second-order valence-electron chi connectivity index (χ2n) is 6.37. The van der Waals surface area contributed by atoms with Gasteiger partial charge in [-0.15, -0.1) is 0 Å². The number of anilines is 1. The van der Waals surface area contributed by atoms with Crippen molar-refractivity contribution in [2.45, 2.75) is 33.2 Å². The first-order chi connectivity index (χ1) is 12.9. The molecule has 2 amide bonds. The number of rotatable bonds is 8. The van der Waals surface area contributed by atoms with Crippen LogP contribution in [0.5, 0.6) is 0 Å². The second kappa shape index (κ2) is 9.56. The average Bonchev–Trinajstić information content (AvgIpc) is 3.19. The summed E-state index contributed by atoms with van der Waals surface area (Å²) in [5, 5.41) is 5.42. The molecule has 0 aliphatic rings. The van der Waals surface area contributed by atoms with Gasteiger partial charge in [-0.25, -0.2) is 4.79 Å². The van der Waals surface area contributed by atoms with Gasteiger partial charge in [-0.05, 0) is 48.7 Å². The highest BCUT2D eigenvalue weighted by molar-refractivity contribution is 6.00. The standard InChI is InChI=1S/C20H24N2O5/c1-4-11-27-20(25)14-7-9-15(10-8-14)21-19(24)17(13(2)3)22-18(23)16-6-5-12-26-16/h5-10,12-13,17H,4,11H2,1-3H3,(H,21,24)(H,22,23). The number of amides is 2. The molecule has 0 saturated carbocycles. The zero-order chi connectivity index (χ0) is 19.8. The van der Waals surface area contributed by atoms with Crippen molar-refractivity contribution in [1.29, 1.82) is 0 Å². The van der Waals surface area contributed by atoms with Gasteiger partial charge in [-0.3, -0.25) is 9.59 Å². The Labute approximate surface area is 158 Å². The fourth-order valence-corrected chi connectivity index (χ4v) is 2.34. The molecule has 2 N–H and O–H groups in total. The normalized spacial score (nSPS) is 11.7. The van der Waals surface area contributed by atoms with Gasteiger partial charge in [0.1, 0.15) is 6.04 Å². The Morgan fingerprint density at radius 3 is 2.37 bits per heavy atom. The molecule has 0 aliphatic carbocycles. The minimum Gasteiger partial charge on any atom is -0.462 e. The maximum atomic E-state index is 12.6. The Hall–Kier alpha value is -3.09. The quantitative estimate of drug-likeness (QED) is 0.693. The lowest BCUT2D eigenvalue weighted by Crippen LogP contribution is -2.47. The lowest BCUT2D eigenvalue weighted by molar-refractivity contribution is -0.118. The first-order valence-corrected chi connectivity index (χ1v) is 8.84. The monoisotopic (exact) mass is 372 g/mol. The summed E-state index contributed by atoms with van der Waals surface area (Å²) in [5.41, 5.74) is 0.929. The minimum absolute atomic E-state index is 0.132. The number of hydrogen-bond donors (Lipinski definition) is 2. The smallest absolute Gasteiger partial charge is 0.338 e. The molecule has 1 aromatic heterocycles. The van der Waals surface area contributed by atoms with Gasteiger partial charge in [0.2, 0.25) is 5.91 Å². The van der Waals surface area contributed by atoms with E-state index >= 15 is 0 Å². The highest BCUT2D eigenvalue weighted by Crippen LogP contribution is 2.13. The van der Waals surface area contributed by atoms with Crippen LogP contribution in [0.4, 0.5) is 5.69 Å². The van der Waals surface area contributed by atoms with Crippen LogP contribution in [0.1, 0.15) is 48.1 Å². The molecule has 1 atom stereocenters. The Kier molecular flexibility index (Phi) is 7.16. The third-order valence-electron chi connectivity index (χ3n) is 3.81. The van der Waals surface area contributed by atoms with E-state index in [1.807, 2.05) is 20.8 Å². The number of carbonyl (C=O) groups excluding carboxylic acids is 3. The fourth-order valence-electron chi connectivity index (χ4n) is 2.34. The number of benzene rings is 1. The molecule has 2 aromatic rings. The summed E-state index contributed by atoms with van der Waals surface area (Å²) in [6.45, 7) is 5.95. The molecule has 2 rings (SSSR count). The van der Waals surface area contributed by atoms with Gasteiger partial charge < -0.3 is 19.8 Å². The molecular formula is C20H24N2O5. The van der Waals surface area contributed by atoms with Crippen molar-refractivity contribution >= 4 is 23.5 Å². The van der Waals surface area contributed by atoms with Crippen LogP contribution in [0.15, 0.2) is 47.1 Å². The van der Waals surface area contributed by atoms with Crippen LogP contribution in [-0.4, -0.2) is 30.4 Å². The topological polar surface area (TPSA) is 97.6 Å². The van der Waals surface area contributed by atoms with Crippen molar-refractivity contribution in [2.24, 2.45) is 5.92 Å². The van der Waals surface area contributed by atoms with Crippen LogP contribution >= 0.6 is 0 Å². The van der Waals surface area contributed by atoms with Crippen LogP contribution in [0.3, 0.4) is 0 Å². The van der Waals surface area contributed by atoms with Crippen molar-refractivity contribution in [1.82, 2.24) is 5.32 Å². The highest BCUT2D eigenvalue weighted by atomic mass is 16.5. The largest absolute Gasteiger partial charge is 0.462 e. The van der Waals surface area contributed by atoms with E-state index in [9.17, 15) is 14.4 Å². The van der Waals surface area contributed by atoms with Gasteiger partial charge >= 0.3 is 5.97 Å². The number of nitrogens with one attached hydrogen (secondary N) is 2. The average molecular weight is 372 g/mol. The van der Waals surface area contributed by atoms with Crippen LogP contribution in [0, 0.1) is 5.92 Å². The number of carbonyl (C=O) groups is 3. The van der Waals surface area contributed by atoms with Crippen molar-refractivity contribution < 1.29 is 23.5 Å². The third kappa shape index (κ3) is 5.70. The summed E-state index contributed by atoms with van der Waals surface area (Å²) in [5.74, 6) is -1.20. The number of hydrogen-bond acceptors (Lipinski definition) is 5. The molecule has 1 aromatic carbocycles. The van der Waals surface area contributed by atoms with E-state index in [0.717, 1.165) is 6.42 Å². The van der Waals surface area contributed by atoms with Gasteiger partial charge in [-0.1, -0.05) is 20.8 Å². The maximum absolute atomic E-state index is 12.6. The van der Waals surface area contributed by atoms with E-state index in [4.69, 9.17) is 9.15 Å². The summed E-state index contributed by atoms with van der Waals surface area (Å²) in [4.78, 5) is 36.5. The molecule has 27 heavy (non-hydrogen) atoms. The Balaban J connectivity index is 2.00. The van der Waals surface area contributed by atoms with Crippen molar-refractivity contribution in [3.8, 4) is 0 Å². The molecule has 1 heterocycles. The highest BCUT2D eigenvalue weighted by Gasteiger charge is 2.25. The Bertz CT molecular complexity index is 766. The molecule has 7 heteroatoms. The first kappa shape index (κ1) is 20.2. The molecule has 144 valence electrons. The predicted octanol–water partition coefficient (Wildman–Crippen LogP) is 3.24. The molecule has 0 bridgehead atoms. The molecule has 0 spiro atoms. The Morgan fingerprint density at radius 1 is 1.11 bits per heavy atom. The van der Waals surface area contributed by atoms with Crippen LogP contribution in [0.25, 0.3) is 0 Å². The van der Waals surface area contributed by atoms with E-state index < -0.39 is 17.9 Å². The molecule has 7 nitrogen and oxygen atoms in total. The molecule has 0 fully saturated rings. The predicted molar refractivity (Wildman–Crippen MR) is 100 cm³/mol. The third-order valence-corrected chi connectivity index (χ3v) is 3.81. The zero-order valence-corrected chi connectivity index (χ0v) is 15.7. The summed E-state index contributed by atoms with van der Waals surface area (Å²) in [7, 11) is 0. The minimum atomic E-state index is -0.739. The molecule has 1 unspecified atom stereocenters. The number of furan rings is 1. The van der Waals surface area contributed by atoms with Crippen molar-refractivity contribution in [3.63, 3.8) is 0 Å². The van der Waals surface area contributed by atoms with Crippen molar-refractivity contribution in [3.05, 3.63) is 54.0 Å². The summed E-state index contributed by atoms with van der Waals surface area (Å²) in [6, 6.07) is 8.79. The lowest BCUT2D eigenvalue weighted by Gasteiger charge is -2.21. The van der Waals surface area contributed by atoms with E-state index in [1.54, 1.807) is 30.3 Å². The fraction of sp³-hybridized carbons (Fsp3) is 0.350. The summed E-state index contributed by atoms with van der Waals surface area (Å²) in [6.07, 6.45) is 2.15. The second-order valence-corrected chi connectivity index (χ2v) is 6.37. The maximum Gasteiger partial charge on any atom is 0.338 e. The molecule has 0 aliphatic heterocycles. The Morgan fingerprint density at radius 2 is 1.81 bits per heavy atom. The summed E-state index contributed by atoms with van der Waals surface area (Å²) < 4.78 is 10.1. The van der Waals surface area contributed by atoms with Crippen molar-refractivity contribution in [2.75, 3.05) is 11.9 Å². The van der Waals surface area contributed by atoms with E-state index in [0.29, 0.717) is 17.9 Å². The van der Waals surface area contributed by atoms with Gasteiger partial charge in [-0.2, -0.15) is 0 Å².